The van der Waals surface area contributed by atoms with Crippen LogP contribution in [0.25, 0.3) is 0 Å². The fourth-order valence-corrected chi connectivity index (χ4v) is 5.10. The summed E-state index contributed by atoms with van der Waals surface area (Å²) in [6, 6.07) is 2.02. The highest BCUT2D eigenvalue weighted by Gasteiger charge is 2.26. The Balaban J connectivity index is 1.38. The predicted octanol–water partition coefficient (Wildman–Crippen LogP) is 3.73. The molecule has 1 fully saturated rings. The van der Waals surface area contributed by atoms with E-state index in [-0.39, 0.29) is 18.4 Å². The molecule has 1 aliphatic heterocycles. The molecule has 0 radical (unpaired) electrons. The molecular weight excluding hydrogens is 374 g/mol. The number of amides is 2. The van der Waals surface area contributed by atoms with Gasteiger partial charge in [0.2, 0.25) is 5.89 Å². The minimum absolute atomic E-state index is 0.0725. The van der Waals surface area contributed by atoms with E-state index in [1.165, 1.54) is 23.3 Å². The maximum Gasteiger partial charge on any atom is 0.276 e. The second kappa shape index (κ2) is 8.07. The molecule has 150 valence electrons. The number of rotatable bonds is 4. The summed E-state index contributed by atoms with van der Waals surface area (Å²) in [6.07, 6.45) is 6.60. The molecule has 28 heavy (non-hydrogen) atoms. The average molecular weight is 402 g/mol. The predicted molar refractivity (Wildman–Crippen MR) is 108 cm³/mol. The Morgan fingerprint density at radius 1 is 1.29 bits per heavy atom. The number of fused-ring (bicyclic) bond motifs is 1. The maximum atomic E-state index is 12.7. The van der Waals surface area contributed by atoms with Gasteiger partial charge in [-0.25, -0.2) is 4.98 Å². The van der Waals surface area contributed by atoms with Crippen LogP contribution >= 0.6 is 11.3 Å². The molecule has 0 aromatic carbocycles. The molecule has 1 saturated heterocycles. The van der Waals surface area contributed by atoms with E-state index in [0.717, 1.165) is 43.6 Å². The largest absolute Gasteiger partial charge is 0.443 e. The average Bonchev–Trinajstić information content (AvgIpc) is 3.29. The third kappa shape index (κ3) is 3.99. The SMILES string of the molecule is Cc1oc(CNC(=O)c2cc3c(s2)CCCC3)nc1C(=O)N1CCC(C)CC1. The molecular formula is C21H27N3O3S. The van der Waals surface area contributed by atoms with Crippen molar-refractivity contribution in [3.05, 3.63) is 38.7 Å². The Morgan fingerprint density at radius 3 is 2.79 bits per heavy atom. The molecule has 2 amide bonds. The molecule has 0 saturated carbocycles. The van der Waals surface area contributed by atoms with Crippen molar-refractivity contribution < 1.29 is 14.0 Å². The number of aromatic nitrogens is 1. The van der Waals surface area contributed by atoms with E-state index in [1.54, 1.807) is 18.3 Å². The Morgan fingerprint density at radius 2 is 2.04 bits per heavy atom. The zero-order valence-electron chi connectivity index (χ0n) is 16.5. The van der Waals surface area contributed by atoms with E-state index in [2.05, 4.69) is 17.2 Å². The van der Waals surface area contributed by atoms with E-state index in [9.17, 15) is 9.59 Å². The zero-order valence-corrected chi connectivity index (χ0v) is 17.4. The molecule has 2 aliphatic rings. The fourth-order valence-electron chi connectivity index (χ4n) is 3.93. The van der Waals surface area contributed by atoms with Crippen molar-refractivity contribution in [1.29, 1.82) is 0 Å². The Bertz CT molecular complexity index is 854. The maximum absolute atomic E-state index is 12.7. The molecule has 6 nitrogen and oxygen atoms in total. The number of oxazole rings is 1. The quantitative estimate of drug-likeness (QED) is 0.847. The molecule has 2 aromatic rings. The summed E-state index contributed by atoms with van der Waals surface area (Å²) in [5.74, 6) is 1.38. The molecule has 1 N–H and O–H groups in total. The fraction of sp³-hybridized carbons (Fsp3) is 0.571. The minimum atomic E-state index is -0.104. The smallest absolute Gasteiger partial charge is 0.276 e. The summed E-state index contributed by atoms with van der Waals surface area (Å²) in [7, 11) is 0. The van der Waals surface area contributed by atoms with Gasteiger partial charge in [0.15, 0.2) is 5.69 Å². The number of likely N-dealkylation sites (tertiary alicyclic amines) is 1. The van der Waals surface area contributed by atoms with Crippen LogP contribution in [0.4, 0.5) is 0 Å². The summed E-state index contributed by atoms with van der Waals surface area (Å²) < 4.78 is 5.65. The second-order valence-corrected chi connectivity index (χ2v) is 9.07. The third-order valence-electron chi connectivity index (χ3n) is 5.73. The lowest BCUT2D eigenvalue weighted by Crippen LogP contribution is -2.38. The van der Waals surface area contributed by atoms with Gasteiger partial charge in [-0.2, -0.15) is 0 Å². The van der Waals surface area contributed by atoms with Gasteiger partial charge in [-0.15, -0.1) is 11.3 Å². The van der Waals surface area contributed by atoms with Gasteiger partial charge < -0.3 is 14.6 Å². The van der Waals surface area contributed by atoms with Gasteiger partial charge in [0.05, 0.1) is 11.4 Å². The van der Waals surface area contributed by atoms with Gasteiger partial charge in [0, 0.05) is 18.0 Å². The number of thiophene rings is 1. The molecule has 1 aliphatic carbocycles. The molecule has 3 heterocycles. The first kappa shape index (κ1) is 19.2. The molecule has 7 heteroatoms. The Hall–Kier alpha value is -2.15. The summed E-state index contributed by atoms with van der Waals surface area (Å²) >= 11 is 1.59. The van der Waals surface area contributed by atoms with Crippen molar-refractivity contribution in [3.63, 3.8) is 0 Å². The van der Waals surface area contributed by atoms with Gasteiger partial charge in [-0.1, -0.05) is 6.92 Å². The van der Waals surface area contributed by atoms with Gasteiger partial charge in [0.25, 0.3) is 11.8 Å². The zero-order chi connectivity index (χ0) is 19.7. The summed E-state index contributed by atoms with van der Waals surface area (Å²) in [4.78, 5) is 33.5. The first-order valence-corrected chi connectivity index (χ1v) is 11.0. The monoisotopic (exact) mass is 401 g/mol. The summed E-state index contributed by atoms with van der Waals surface area (Å²) in [6.45, 7) is 5.69. The number of carbonyl (C=O) groups excluding carboxylic acids is 2. The van der Waals surface area contributed by atoms with Crippen LogP contribution in [0.15, 0.2) is 10.5 Å². The highest BCUT2D eigenvalue weighted by Crippen LogP contribution is 2.29. The van der Waals surface area contributed by atoms with E-state index in [0.29, 0.717) is 23.3 Å². The van der Waals surface area contributed by atoms with Crippen molar-refractivity contribution in [3.8, 4) is 0 Å². The lowest BCUT2D eigenvalue weighted by atomic mass is 9.99. The lowest BCUT2D eigenvalue weighted by molar-refractivity contribution is 0.0690. The number of nitrogens with one attached hydrogen (secondary N) is 1. The van der Waals surface area contributed by atoms with Gasteiger partial charge >= 0.3 is 0 Å². The van der Waals surface area contributed by atoms with Gasteiger partial charge in [0.1, 0.15) is 5.76 Å². The van der Waals surface area contributed by atoms with Crippen LogP contribution < -0.4 is 5.32 Å². The number of carbonyl (C=O) groups is 2. The highest BCUT2D eigenvalue weighted by molar-refractivity contribution is 7.14. The van der Waals surface area contributed by atoms with E-state index < -0.39 is 0 Å². The standard InChI is InChI=1S/C21H27N3O3S/c1-13-7-9-24(10-8-13)21(26)19-14(2)27-18(23-19)12-22-20(25)17-11-15-5-3-4-6-16(15)28-17/h11,13H,3-10,12H2,1-2H3,(H,22,25). The van der Waals surface area contributed by atoms with Crippen molar-refractivity contribution >= 4 is 23.2 Å². The summed E-state index contributed by atoms with van der Waals surface area (Å²) in [5.41, 5.74) is 1.68. The number of hydrogen-bond donors (Lipinski definition) is 1. The van der Waals surface area contributed by atoms with Gasteiger partial charge in [-0.3, -0.25) is 9.59 Å². The molecule has 2 aromatic heterocycles. The minimum Gasteiger partial charge on any atom is -0.443 e. The third-order valence-corrected chi connectivity index (χ3v) is 6.97. The second-order valence-electron chi connectivity index (χ2n) is 7.94. The topological polar surface area (TPSA) is 75.4 Å². The summed E-state index contributed by atoms with van der Waals surface area (Å²) in [5, 5.41) is 2.88. The van der Waals surface area contributed by atoms with Crippen LogP contribution in [0.3, 0.4) is 0 Å². The van der Waals surface area contributed by atoms with Crippen molar-refractivity contribution in [2.75, 3.05) is 13.1 Å². The lowest BCUT2D eigenvalue weighted by Gasteiger charge is -2.29. The van der Waals surface area contributed by atoms with Crippen LogP contribution in [0, 0.1) is 12.8 Å². The highest BCUT2D eigenvalue weighted by atomic mass is 32.1. The normalized spacial score (nSPS) is 17.4. The van der Waals surface area contributed by atoms with Crippen LogP contribution in [0.5, 0.6) is 0 Å². The first-order valence-electron chi connectivity index (χ1n) is 10.2. The van der Waals surface area contributed by atoms with Crippen LogP contribution in [-0.2, 0) is 19.4 Å². The molecule has 0 bridgehead atoms. The number of piperidine rings is 1. The van der Waals surface area contributed by atoms with Crippen LogP contribution in [-0.4, -0.2) is 34.8 Å². The van der Waals surface area contributed by atoms with Crippen LogP contribution in [0.1, 0.15) is 74.9 Å². The Labute approximate surface area is 169 Å². The van der Waals surface area contributed by atoms with E-state index in [1.807, 2.05) is 11.0 Å². The number of hydrogen-bond acceptors (Lipinski definition) is 5. The molecule has 0 atom stereocenters. The van der Waals surface area contributed by atoms with Crippen LogP contribution in [0.2, 0.25) is 0 Å². The molecule has 4 rings (SSSR count). The first-order chi connectivity index (χ1) is 13.5. The molecule has 0 spiro atoms. The van der Waals surface area contributed by atoms with Gasteiger partial charge in [-0.05, 0) is 63.0 Å². The van der Waals surface area contributed by atoms with E-state index >= 15 is 0 Å². The number of aryl methyl sites for hydroxylation is 3. The van der Waals surface area contributed by atoms with E-state index in [4.69, 9.17) is 4.42 Å². The van der Waals surface area contributed by atoms with Crippen molar-refractivity contribution in [2.45, 2.75) is 58.9 Å². The van der Waals surface area contributed by atoms with Crippen molar-refractivity contribution in [2.24, 2.45) is 5.92 Å². The number of nitrogens with zero attached hydrogens (tertiary/aromatic N) is 2. The van der Waals surface area contributed by atoms with Crippen molar-refractivity contribution in [1.82, 2.24) is 15.2 Å². The Kier molecular flexibility index (Phi) is 5.53. The molecule has 0 unspecified atom stereocenters.